The molecule has 3 rings (SSSR count). The fourth-order valence-electron chi connectivity index (χ4n) is 3.09. The number of nitrogens with one attached hydrogen (secondary N) is 1. The number of sulfonamides is 1. The number of nitrogens with zero attached hydrogens (tertiary/aromatic N) is 3. The molecule has 0 saturated heterocycles. The van der Waals surface area contributed by atoms with Crippen molar-refractivity contribution in [2.75, 3.05) is 14.1 Å². The second-order valence-electron chi connectivity index (χ2n) is 7.06. The van der Waals surface area contributed by atoms with E-state index in [0.29, 0.717) is 18.4 Å². The summed E-state index contributed by atoms with van der Waals surface area (Å²) in [4.78, 5) is 20.2. The van der Waals surface area contributed by atoms with Gasteiger partial charge in [-0.2, -0.15) is 0 Å². The molecule has 1 saturated carbocycles. The highest BCUT2D eigenvalue weighted by Gasteiger charge is 2.25. The molecule has 8 nitrogen and oxygen atoms in total. The van der Waals surface area contributed by atoms with E-state index in [1.807, 2.05) is 0 Å². The molecular formula is C19H23FN4O4S. The number of hydrogen-bond donors (Lipinski definition) is 1. The molecule has 0 bridgehead atoms. The van der Waals surface area contributed by atoms with Gasteiger partial charge in [-0.25, -0.2) is 27.1 Å². The van der Waals surface area contributed by atoms with Crippen LogP contribution < -0.4 is 10.1 Å². The van der Waals surface area contributed by atoms with E-state index in [1.54, 1.807) is 0 Å². The molecule has 1 heterocycles. The Balaban J connectivity index is 1.51. The molecule has 1 aliphatic rings. The number of aromatic nitrogens is 2. The highest BCUT2D eigenvalue weighted by molar-refractivity contribution is 7.89. The van der Waals surface area contributed by atoms with Crippen LogP contribution >= 0.6 is 0 Å². The SMILES string of the molecule is CN(C)S(=O)(=O)c1ccc(C(=O)NC2CCC(Oc3ncc(F)cn3)CC2)cc1. The minimum Gasteiger partial charge on any atom is -0.460 e. The van der Waals surface area contributed by atoms with Gasteiger partial charge in [-0.15, -0.1) is 0 Å². The van der Waals surface area contributed by atoms with Crippen molar-refractivity contribution in [3.05, 3.63) is 48.0 Å². The number of amides is 1. The Bertz CT molecular complexity index is 941. The summed E-state index contributed by atoms with van der Waals surface area (Å²) in [5.74, 6) is -0.763. The van der Waals surface area contributed by atoms with Crippen molar-refractivity contribution in [1.29, 1.82) is 0 Å². The number of halogens is 1. The zero-order valence-corrected chi connectivity index (χ0v) is 17.0. The number of rotatable bonds is 6. The Labute approximate surface area is 169 Å². The van der Waals surface area contributed by atoms with Crippen LogP contribution in [-0.4, -0.2) is 54.8 Å². The van der Waals surface area contributed by atoms with Gasteiger partial charge in [0.15, 0.2) is 5.82 Å². The van der Waals surface area contributed by atoms with Crippen LogP contribution in [-0.2, 0) is 10.0 Å². The van der Waals surface area contributed by atoms with Gasteiger partial charge in [0, 0.05) is 25.7 Å². The second kappa shape index (κ2) is 8.83. The van der Waals surface area contributed by atoms with Crippen LogP contribution in [0.2, 0.25) is 0 Å². The van der Waals surface area contributed by atoms with Gasteiger partial charge >= 0.3 is 6.01 Å². The molecule has 2 aromatic rings. The minimum absolute atomic E-state index is 0.00155. The largest absolute Gasteiger partial charge is 0.460 e. The lowest BCUT2D eigenvalue weighted by Gasteiger charge is -2.28. The van der Waals surface area contributed by atoms with Crippen molar-refractivity contribution in [1.82, 2.24) is 19.6 Å². The summed E-state index contributed by atoms with van der Waals surface area (Å²) in [6, 6.07) is 6.02. The van der Waals surface area contributed by atoms with Crippen LogP contribution in [0.25, 0.3) is 0 Å². The molecule has 1 fully saturated rings. The van der Waals surface area contributed by atoms with Gasteiger partial charge in [0.2, 0.25) is 10.0 Å². The minimum atomic E-state index is -3.52. The topological polar surface area (TPSA) is 101 Å². The van der Waals surface area contributed by atoms with E-state index in [1.165, 1.54) is 38.4 Å². The van der Waals surface area contributed by atoms with Crippen molar-refractivity contribution in [3.63, 3.8) is 0 Å². The summed E-state index contributed by atoms with van der Waals surface area (Å²) in [6.45, 7) is 0. The highest BCUT2D eigenvalue weighted by atomic mass is 32.2. The standard InChI is InChI=1S/C19H23FN4O4S/c1-24(2)29(26,27)17-9-3-13(4-10-17)18(25)23-15-5-7-16(8-6-15)28-19-21-11-14(20)12-22-19/h3-4,9-12,15-16H,5-8H2,1-2H3,(H,23,25). The van der Waals surface area contributed by atoms with Crippen LogP contribution in [0.1, 0.15) is 36.0 Å². The molecule has 0 aliphatic heterocycles. The van der Waals surface area contributed by atoms with Gasteiger partial charge in [-0.1, -0.05) is 0 Å². The lowest BCUT2D eigenvalue weighted by Crippen LogP contribution is -2.39. The van der Waals surface area contributed by atoms with Crippen LogP contribution in [0.15, 0.2) is 41.6 Å². The van der Waals surface area contributed by atoms with E-state index in [-0.39, 0.29) is 29.0 Å². The van der Waals surface area contributed by atoms with E-state index >= 15 is 0 Å². The van der Waals surface area contributed by atoms with E-state index < -0.39 is 15.8 Å². The summed E-state index contributed by atoms with van der Waals surface area (Å²) in [5.41, 5.74) is 0.404. The number of ether oxygens (including phenoxy) is 1. The smallest absolute Gasteiger partial charge is 0.316 e. The Morgan fingerprint density at radius 3 is 2.24 bits per heavy atom. The lowest BCUT2D eigenvalue weighted by molar-refractivity contribution is 0.0885. The molecule has 1 aromatic heterocycles. The van der Waals surface area contributed by atoms with Gasteiger partial charge in [0.05, 0.1) is 17.3 Å². The molecule has 1 amide bonds. The quantitative estimate of drug-likeness (QED) is 0.764. The van der Waals surface area contributed by atoms with E-state index in [2.05, 4.69) is 15.3 Å². The average molecular weight is 422 g/mol. The summed E-state index contributed by atoms with van der Waals surface area (Å²) < 4.78 is 43.8. The molecule has 156 valence electrons. The van der Waals surface area contributed by atoms with E-state index in [9.17, 15) is 17.6 Å². The third kappa shape index (κ3) is 5.27. The van der Waals surface area contributed by atoms with Crippen molar-refractivity contribution in [2.24, 2.45) is 0 Å². The molecule has 0 atom stereocenters. The third-order valence-corrected chi connectivity index (χ3v) is 6.60. The van der Waals surface area contributed by atoms with E-state index in [0.717, 1.165) is 29.5 Å². The van der Waals surface area contributed by atoms with E-state index in [4.69, 9.17) is 4.74 Å². The molecule has 10 heteroatoms. The first kappa shape index (κ1) is 21.1. The van der Waals surface area contributed by atoms with Gasteiger partial charge in [0.25, 0.3) is 5.91 Å². The number of benzene rings is 1. The summed E-state index contributed by atoms with van der Waals surface area (Å²) in [6.07, 6.45) is 4.92. The maximum atomic E-state index is 12.8. The molecule has 0 radical (unpaired) electrons. The maximum absolute atomic E-state index is 12.8. The first-order chi connectivity index (χ1) is 13.8. The Morgan fingerprint density at radius 1 is 1.10 bits per heavy atom. The summed E-state index contributed by atoms with van der Waals surface area (Å²) in [5, 5.41) is 2.97. The molecule has 0 spiro atoms. The Hall–Kier alpha value is -2.59. The maximum Gasteiger partial charge on any atom is 0.316 e. The summed E-state index contributed by atoms with van der Waals surface area (Å²) >= 11 is 0. The molecule has 1 aliphatic carbocycles. The van der Waals surface area contributed by atoms with Crippen molar-refractivity contribution >= 4 is 15.9 Å². The molecule has 1 aromatic carbocycles. The summed E-state index contributed by atoms with van der Waals surface area (Å²) in [7, 11) is -0.611. The highest BCUT2D eigenvalue weighted by Crippen LogP contribution is 2.22. The lowest BCUT2D eigenvalue weighted by atomic mass is 9.92. The Kier molecular flexibility index (Phi) is 6.43. The second-order valence-corrected chi connectivity index (χ2v) is 9.21. The first-order valence-electron chi connectivity index (χ1n) is 9.23. The fourth-order valence-corrected chi connectivity index (χ4v) is 3.99. The van der Waals surface area contributed by atoms with Gasteiger partial charge in [-0.3, -0.25) is 4.79 Å². The molecule has 1 N–H and O–H groups in total. The molecular weight excluding hydrogens is 399 g/mol. The normalized spacial score (nSPS) is 19.7. The van der Waals surface area contributed by atoms with Crippen LogP contribution in [0, 0.1) is 5.82 Å². The van der Waals surface area contributed by atoms with Gasteiger partial charge < -0.3 is 10.1 Å². The monoisotopic (exact) mass is 422 g/mol. The number of carbonyl (C=O) groups is 1. The molecule has 0 unspecified atom stereocenters. The van der Waals surface area contributed by atoms with Crippen LogP contribution in [0.3, 0.4) is 0 Å². The zero-order valence-electron chi connectivity index (χ0n) is 16.2. The van der Waals surface area contributed by atoms with Gasteiger partial charge in [0.1, 0.15) is 6.10 Å². The van der Waals surface area contributed by atoms with Gasteiger partial charge in [-0.05, 0) is 49.9 Å². The third-order valence-electron chi connectivity index (χ3n) is 4.77. The predicted octanol–water partition coefficient (Wildman–Crippen LogP) is 1.99. The fraction of sp³-hybridized carbons (Fsp3) is 0.421. The van der Waals surface area contributed by atoms with Crippen molar-refractivity contribution < 1.29 is 22.3 Å². The molecule has 29 heavy (non-hydrogen) atoms. The van der Waals surface area contributed by atoms with Crippen LogP contribution in [0.4, 0.5) is 4.39 Å². The average Bonchev–Trinajstić information content (AvgIpc) is 2.71. The zero-order chi connectivity index (χ0) is 21.0. The van der Waals surface area contributed by atoms with Crippen LogP contribution in [0.5, 0.6) is 6.01 Å². The first-order valence-corrected chi connectivity index (χ1v) is 10.7. The number of carbonyl (C=O) groups excluding carboxylic acids is 1. The van der Waals surface area contributed by atoms with Crippen molar-refractivity contribution in [2.45, 2.75) is 42.7 Å². The number of hydrogen-bond acceptors (Lipinski definition) is 6. The predicted molar refractivity (Wildman–Crippen MR) is 103 cm³/mol. The van der Waals surface area contributed by atoms with Crippen molar-refractivity contribution in [3.8, 4) is 6.01 Å². The Morgan fingerprint density at radius 2 is 1.69 bits per heavy atom.